The van der Waals surface area contributed by atoms with Crippen LogP contribution in [0.5, 0.6) is 0 Å². The predicted molar refractivity (Wildman–Crippen MR) is 49.1 cm³/mol. The van der Waals surface area contributed by atoms with Crippen molar-refractivity contribution in [3.8, 4) is 0 Å². The van der Waals surface area contributed by atoms with Gasteiger partial charge in [-0.15, -0.1) is 0 Å². The van der Waals surface area contributed by atoms with Crippen molar-refractivity contribution in [2.24, 2.45) is 5.73 Å². The first-order chi connectivity index (χ1) is 6.37. The fourth-order valence-corrected chi connectivity index (χ4v) is 1.19. The molecule has 0 radical (unpaired) electrons. The molecule has 0 spiro atoms. The largest absolute Gasteiger partial charge is 0.394 e. The molecule has 1 unspecified atom stereocenters. The molecule has 0 aromatic heterocycles. The number of aliphatic hydroxyl groups excluding tert-OH is 1. The maximum atomic E-state index is 10.9. The molecule has 1 atom stereocenters. The summed E-state index contributed by atoms with van der Waals surface area (Å²) in [5, 5.41) is 10.8. The number of hydrogen-bond donors (Lipinski definition) is 4. The lowest BCUT2D eigenvalue weighted by Crippen LogP contribution is -2.43. The van der Waals surface area contributed by atoms with Gasteiger partial charge in [0.1, 0.15) is 6.04 Å². The number of carbonyl (C=O) groups excluding carboxylic acids is 1. The summed E-state index contributed by atoms with van der Waals surface area (Å²) in [4.78, 5) is 10.9. The molecule has 14 heavy (non-hydrogen) atoms. The Kier molecular flexibility index (Phi) is 5.62. The van der Waals surface area contributed by atoms with Crippen LogP contribution in [0.4, 0.5) is 0 Å². The molecule has 84 valence electrons. The van der Waals surface area contributed by atoms with Gasteiger partial charge in [0.15, 0.2) is 0 Å². The van der Waals surface area contributed by atoms with Crippen molar-refractivity contribution >= 4 is 16.0 Å². The van der Waals surface area contributed by atoms with Crippen molar-refractivity contribution in [3.05, 3.63) is 0 Å². The summed E-state index contributed by atoms with van der Waals surface area (Å²) < 4.78 is 28.8. The lowest BCUT2D eigenvalue weighted by Gasteiger charge is -2.08. The summed E-state index contributed by atoms with van der Waals surface area (Å²) in [6.45, 7) is -0.379. The zero-order chi connectivity index (χ0) is 11.2. The van der Waals surface area contributed by atoms with E-state index in [4.69, 9.17) is 15.4 Å². The first-order valence-corrected chi connectivity index (χ1v) is 5.57. The fraction of sp³-hybridized carbons (Fsp3) is 0.833. The van der Waals surface area contributed by atoms with Crippen LogP contribution in [0.3, 0.4) is 0 Å². The molecule has 0 bridgehead atoms. The van der Waals surface area contributed by atoms with E-state index in [9.17, 15) is 13.2 Å². The minimum absolute atomic E-state index is 0.0896. The summed E-state index contributed by atoms with van der Waals surface area (Å²) in [7, 11) is -3.98. The zero-order valence-corrected chi connectivity index (χ0v) is 8.33. The highest BCUT2D eigenvalue weighted by atomic mass is 32.2. The third-order valence-electron chi connectivity index (χ3n) is 1.41. The van der Waals surface area contributed by atoms with E-state index in [0.717, 1.165) is 0 Å². The Morgan fingerprint density at radius 2 is 2.07 bits per heavy atom. The summed E-state index contributed by atoms with van der Waals surface area (Å²) in [5.74, 6) is -0.968. The Labute approximate surface area is 82.0 Å². The molecule has 0 aromatic rings. The fourth-order valence-electron chi connectivity index (χ4n) is 0.680. The van der Waals surface area contributed by atoms with Gasteiger partial charge in [-0.1, -0.05) is 0 Å². The summed E-state index contributed by atoms with van der Waals surface area (Å²) in [5.41, 5.74) is 5.15. The molecule has 0 aliphatic rings. The van der Waals surface area contributed by atoms with Crippen LogP contribution in [-0.4, -0.2) is 48.9 Å². The summed E-state index contributed by atoms with van der Waals surface area (Å²) in [6, 6.07) is -0.999. The van der Waals surface area contributed by atoms with Crippen molar-refractivity contribution < 1.29 is 22.9 Å². The minimum atomic E-state index is -3.98. The van der Waals surface area contributed by atoms with E-state index in [0.29, 0.717) is 0 Å². The molecule has 0 aromatic carbocycles. The number of rotatable bonds is 6. The van der Waals surface area contributed by atoms with Crippen LogP contribution in [0.2, 0.25) is 0 Å². The zero-order valence-electron chi connectivity index (χ0n) is 7.51. The van der Waals surface area contributed by atoms with Gasteiger partial charge in [0, 0.05) is 6.54 Å². The maximum Gasteiger partial charge on any atom is 0.264 e. The topological polar surface area (TPSA) is 130 Å². The SMILES string of the molecule is NC(CO)C(=O)NCCCS(=O)(=O)O. The van der Waals surface area contributed by atoms with Gasteiger partial charge < -0.3 is 16.2 Å². The third-order valence-corrected chi connectivity index (χ3v) is 2.22. The van der Waals surface area contributed by atoms with E-state index >= 15 is 0 Å². The Balaban J connectivity index is 3.61. The van der Waals surface area contributed by atoms with Gasteiger partial charge in [0.2, 0.25) is 5.91 Å². The number of aliphatic hydroxyl groups is 1. The molecular formula is C6H14N2O5S. The number of hydrogen-bond acceptors (Lipinski definition) is 5. The Bertz CT molecular complexity index is 276. The van der Waals surface area contributed by atoms with E-state index in [2.05, 4.69) is 5.32 Å². The van der Waals surface area contributed by atoms with Crippen LogP contribution >= 0.6 is 0 Å². The average Bonchev–Trinajstić information content (AvgIpc) is 2.09. The monoisotopic (exact) mass is 226 g/mol. The van der Waals surface area contributed by atoms with E-state index in [1.165, 1.54) is 0 Å². The predicted octanol–water partition coefficient (Wildman–Crippen LogP) is -2.30. The second kappa shape index (κ2) is 5.91. The van der Waals surface area contributed by atoms with Crippen LogP contribution < -0.4 is 11.1 Å². The smallest absolute Gasteiger partial charge is 0.264 e. The van der Waals surface area contributed by atoms with Crippen molar-refractivity contribution in [1.82, 2.24) is 5.32 Å². The highest BCUT2D eigenvalue weighted by molar-refractivity contribution is 7.85. The van der Waals surface area contributed by atoms with Crippen molar-refractivity contribution in [1.29, 1.82) is 0 Å². The van der Waals surface area contributed by atoms with Gasteiger partial charge in [0.25, 0.3) is 10.1 Å². The van der Waals surface area contributed by atoms with Crippen LogP contribution in [0.1, 0.15) is 6.42 Å². The second-order valence-electron chi connectivity index (χ2n) is 2.72. The summed E-state index contributed by atoms with van der Waals surface area (Å²) >= 11 is 0. The molecular weight excluding hydrogens is 212 g/mol. The van der Waals surface area contributed by atoms with E-state index < -0.39 is 34.4 Å². The van der Waals surface area contributed by atoms with Gasteiger partial charge >= 0.3 is 0 Å². The van der Waals surface area contributed by atoms with Gasteiger partial charge in [-0.05, 0) is 6.42 Å². The molecule has 0 fully saturated rings. The normalized spacial score (nSPS) is 13.6. The Hall–Kier alpha value is -0.700. The minimum Gasteiger partial charge on any atom is -0.394 e. The van der Waals surface area contributed by atoms with Crippen molar-refractivity contribution in [3.63, 3.8) is 0 Å². The summed E-state index contributed by atoms with van der Waals surface area (Å²) in [6.07, 6.45) is 0.0999. The third kappa shape index (κ3) is 6.78. The van der Waals surface area contributed by atoms with Crippen molar-refractivity contribution in [2.75, 3.05) is 18.9 Å². The van der Waals surface area contributed by atoms with E-state index in [1.807, 2.05) is 0 Å². The molecule has 0 aliphatic carbocycles. The van der Waals surface area contributed by atoms with Crippen LogP contribution in [-0.2, 0) is 14.9 Å². The number of nitrogens with two attached hydrogens (primary N) is 1. The maximum absolute atomic E-state index is 10.9. The average molecular weight is 226 g/mol. The van der Waals surface area contributed by atoms with Gasteiger partial charge in [-0.25, -0.2) is 0 Å². The van der Waals surface area contributed by atoms with Crippen molar-refractivity contribution in [2.45, 2.75) is 12.5 Å². The quantitative estimate of drug-likeness (QED) is 0.298. The Morgan fingerprint density at radius 1 is 1.50 bits per heavy atom. The van der Waals surface area contributed by atoms with E-state index in [1.54, 1.807) is 0 Å². The molecule has 8 heteroatoms. The van der Waals surface area contributed by atoms with Crippen LogP contribution in [0, 0.1) is 0 Å². The molecule has 0 rings (SSSR count). The molecule has 0 saturated carbocycles. The van der Waals surface area contributed by atoms with Gasteiger partial charge in [-0.2, -0.15) is 8.42 Å². The van der Waals surface area contributed by atoms with Gasteiger partial charge in [0.05, 0.1) is 12.4 Å². The molecule has 0 heterocycles. The first-order valence-electron chi connectivity index (χ1n) is 3.96. The molecule has 5 N–H and O–H groups in total. The standard InChI is InChI=1S/C6H14N2O5S/c7-5(4-9)6(10)8-2-1-3-14(11,12)13/h5,9H,1-4,7H2,(H,8,10)(H,11,12,13). The van der Waals surface area contributed by atoms with Crippen LogP contribution in [0.15, 0.2) is 0 Å². The number of amides is 1. The van der Waals surface area contributed by atoms with E-state index in [-0.39, 0.29) is 13.0 Å². The second-order valence-corrected chi connectivity index (χ2v) is 4.29. The number of carbonyl (C=O) groups is 1. The molecule has 7 nitrogen and oxygen atoms in total. The van der Waals surface area contributed by atoms with Gasteiger partial charge in [-0.3, -0.25) is 9.35 Å². The van der Waals surface area contributed by atoms with Crippen LogP contribution in [0.25, 0.3) is 0 Å². The Morgan fingerprint density at radius 3 is 2.50 bits per heavy atom. The molecule has 1 amide bonds. The molecule has 0 saturated heterocycles. The highest BCUT2D eigenvalue weighted by Crippen LogP contribution is 1.87. The molecule has 0 aliphatic heterocycles. The number of nitrogens with one attached hydrogen (secondary N) is 1. The first kappa shape index (κ1) is 13.3. The lowest BCUT2D eigenvalue weighted by molar-refractivity contribution is -0.123. The lowest BCUT2D eigenvalue weighted by atomic mass is 10.3. The highest BCUT2D eigenvalue weighted by Gasteiger charge is 2.11.